The van der Waals surface area contributed by atoms with Crippen molar-refractivity contribution < 1.29 is 0 Å². The van der Waals surface area contributed by atoms with Gasteiger partial charge in [-0.15, -0.1) is 12.4 Å². The van der Waals surface area contributed by atoms with Crippen molar-refractivity contribution in [2.24, 2.45) is 5.41 Å². The third-order valence-corrected chi connectivity index (χ3v) is 4.85. The third-order valence-electron chi connectivity index (χ3n) is 4.85. The van der Waals surface area contributed by atoms with E-state index in [0.717, 1.165) is 12.3 Å². The summed E-state index contributed by atoms with van der Waals surface area (Å²) in [5.41, 5.74) is 3.79. The molecule has 2 aliphatic rings. The van der Waals surface area contributed by atoms with E-state index in [2.05, 4.69) is 36.5 Å². The highest BCUT2D eigenvalue weighted by Crippen LogP contribution is 2.55. The molecule has 0 atom stereocenters. The molecule has 1 saturated carbocycles. The number of rotatable bonds is 2. The van der Waals surface area contributed by atoms with Gasteiger partial charge >= 0.3 is 0 Å². The topological polar surface area (TPSA) is 12.0 Å². The largest absolute Gasteiger partial charge is 0.317 e. The Labute approximate surface area is 117 Å². The fourth-order valence-corrected chi connectivity index (χ4v) is 3.65. The Morgan fingerprint density at radius 3 is 2.61 bits per heavy atom. The van der Waals surface area contributed by atoms with E-state index in [0.29, 0.717) is 5.41 Å². The summed E-state index contributed by atoms with van der Waals surface area (Å²) in [5, 5.41) is 3.48. The average molecular weight is 266 g/mol. The zero-order valence-electron chi connectivity index (χ0n) is 11.2. The molecular formula is C16H24ClN. The van der Waals surface area contributed by atoms with Crippen LogP contribution in [0.15, 0.2) is 24.3 Å². The van der Waals surface area contributed by atoms with Gasteiger partial charge in [0.05, 0.1) is 0 Å². The highest BCUT2D eigenvalue weighted by Gasteiger charge is 2.44. The highest BCUT2D eigenvalue weighted by molar-refractivity contribution is 5.85. The molecule has 1 N–H and O–H groups in total. The zero-order chi connectivity index (χ0) is 11.7. The van der Waals surface area contributed by atoms with Gasteiger partial charge in [0.25, 0.3) is 0 Å². The average Bonchev–Trinajstić information content (AvgIpc) is 2.37. The van der Waals surface area contributed by atoms with Gasteiger partial charge in [0.15, 0.2) is 0 Å². The summed E-state index contributed by atoms with van der Waals surface area (Å²) in [5.74, 6) is 0.847. The zero-order valence-corrected chi connectivity index (χ0v) is 12.1. The van der Waals surface area contributed by atoms with Crippen LogP contribution in [-0.4, -0.2) is 13.1 Å². The second-order valence-electron chi connectivity index (χ2n) is 5.95. The van der Waals surface area contributed by atoms with Gasteiger partial charge in [-0.25, -0.2) is 0 Å². The molecule has 2 fully saturated rings. The summed E-state index contributed by atoms with van der Waals surface area (Å²) in [4.78, 5) is 0. The van der Waals surface area contributed by atoms with Gasteiger partial charge in [-0.1, -0.05) is 31.2 Å². The maximum atomic E-state index is 3.48. The van der Waals surface area contributed by atoms with Crippen molar-refractivity contribution in [3.05, 3.63) is 35.4 Å². The summed E-state index contributed by atoms with van der Waals surface area (Å²) < 4.78 is 0. The van der Waals surface area contributed by atoms with E-state index >= 15 is 0 Å². The first-order chi connectivity index (χ1) is 8.31. The summed E-state index contributed by atoms with van der Waals surface area (Å²) in [6, 6.07) is 9.25. The van der Waals surface area contributed by atoms with Crippen LogP contribution < -0.4 is 5.32 Å². The van der Waals surface area contributed by atoms with Gasteiger partial charge < -0.3 is 5.32 Å². The van der Waals surface area contributed by atoms with Crippen LogP contribution in [0.5, 0.6) is 0 Å². The molecule has 1 aromatic carbocycles. The van der Waals surface area contributed by atoms with E-state index in [1.807, 2.05) is 0 Å². The molecular weight excluding hydrogens is 242 g/mol. The van der Waals surface area contributed by atoms with E-state index in [4.69, 9.17) is 0 Å². The minimum atomic E-state index is 0. The second-order valence-corrected chi connectivity index (χ2v) is 5.95. The minimum Gasteiger partial charge on any atom is -0.317 e. The first-order valence-electron chi connectivity index (χ1n) is 7.11. The molecule has 0 bridgehead atoms. The lowest BCUT2D eigenvalue weighted by Crippen LogP contribution is -2.44. The van der Waals surface area contributed by atoms with Crippen LogP contribution in [0.4, 0.5) is 0 Å². The van der Waals surface area contributed by atoms with Crippen molar-refractivity contribution in [1.29, 1.82) is 0 Å². The number of benzene rings is 1. The minimum absolute atomic E-state index is 0. The Hall–Kier alpha value is -0.530. The Kier molecular flexibility index (Phi) is 4.34. The molecule has 1 spiro atoms. The lowest BCUT2D eigenvalue weighted by atomic mass is 9.56. The van der Waals surface area contributed by atoms with E-state index in [1.165, 1.54) is 44.3 Å². The predicted octanol–water partition coefficient (Wildman–Crippen LogP) is 3.92. The molecule has 0 amide bonds. The molecule has 100 valence electrons. The number of halogens is 1. The van der Waals surface area contributed by atoms with Crippen LogP contribution in [0.3, 0.4) is 0 Å². The molecule has 0 aromatic heterocycles. The van der Waals surface area contributed by atoms with Crippen molar-refractivity contribution in [2.45, 2.75) is 44.9 Å². The number of hydrogen-bond donors (Lipinski definition) is 1. The molecule has 1 heterocycles. The summed E-state index contributed by atoms with van der Waals surface area (Å²) >= 11 is 0. The normalized spacial score (nSPS) is 22.3. The standard InChI is InChI=1S/C16H23N.ClH/c1-2-13-4-3-5-14(10-13)15-11-16(12-15)6-8-17-9-7-16;/h3-5,10,15,17H,2,6-9,11-12H2,1H3;1H. The van der Waals surface area contributed by atoms with Crippen molar-refractivity contribution >= 4 is 12.4 Å². The van der Waals surface area contributed by atoms with Gasteiger partial charge in [-0.3, -0.25) is 0 Å². The molecule has 1 aromatic rings. The van der Waals surface area contributed by atoms with Crippen LogP contribution >= 0.6 is 12.4 Å². The van der Waals surface area contributed by atoms with Crippen molar-refractivity contribution in [2.75, 3.05) is 13.1 Å². The van der Waals surface area contributed by atoms with Crippen LogP contribution in [0, 0.1) is 5.41 Å². The van der Waals surface area contributed by atoms with Crippen molar-refractivity contribution in [3.63, 3.8) is 0 Å². The lowest BCUT2D eigenvalue weighted by Gasteiger charge is -2.50. The maximum absolute atomic E-state index is 3.48. The smallest absolute Gasteiger partial charge is 0.00436 e. The van der Waals surface area contributed by atoms with E-state index < -0.39 is 0 Å². The number of piperidine rings is 1. The molecule has 3 rings (SSSR count). The first kappa shape index (κ1) is 13.9. The Morgan fingerprint density at radius 1 is 1.22 bits per heavy atom. The third kappa shape index (κ3) is 2.57. The summed E-state index contributed by atoms with van der Waals surface area (Å²) in [6.07, 6.45) is 6.83. The predicted molar refractivity (Wildman–Crippen MR) is 79.6 cm³/mol. The van der Waals surface area contributed by atoms with E-state index in [9.17, 15) is 0 Å². The monoisotopic (exact) mass is 265 g/mol. The summed E-state index contributed by atoms with van der Waals surface area (Å²) in [7, 11) is 0. The molecule has 1 aliphatic heterocycles. The Balaban J connectivity index is 0.00000120. The van der Waals surface area contributed by atoms with Crippen LogP contribution in [0.1, 0.15) is 49.7 Å². The Bertz CT molecular complexity index is 388. The fraction of sp³-hybridized carbons (Fsp3) is 0.625. The van der Waals surface area contributed by atoms with Crippen LogP contribution in [0.2, 0.25) is 0 Å². The van der Waals surface area contributed by atoms with Crippen LogP contribution in [-0.2, 0) is 6.42 Å². The molecule has 1 aliphatic carbocycles. The van der Waals surface area contributed by atoms with Gasteiger partial charge in [0.2, 0.25) is 0 Å². The molecule has 1 saturated heterocycles. The van der Waals surface area contributed by atoms with Crippen LogP contribution in [0.25, 0.3) is 0 Å². The molecule has 2 heteroatoms. The van der Waals surface area contributed by atoms with E-state index in [1.54, 1.807) is 5.56 Å². The highest BCUT2D eigenvalue weighted by atomic mass is 35.5. The number of hydrogen-bond acceptors (Lipinski definition) is 1. The van der Waals surface area contributed by atoms with Gasteiger partial charge in [0, 0.05) is 0 Å². The quantitative estimate of drug-likeness (QED) is 0.855. The maximum Gasteiger partial charge on any atom is -0.00436 e. The number of nitrogens with one attached hydrogen (secondary N) is 1. The molecule has 18 heavy (non-hydrogen) atoms. The van der Waals surface area contributed by atoms with Gasteiger partial charge in [0.1, 0.15) is 0 Å². The van der Waals surface area contributed by atoms with E-state index in [-0.39, 0.29) is 12.4 Å². The lowest BCUT2D eigenvalue weighted by molar-refractivity contribution is 0.0604. The number of aryl methyl sites for hydroxylation is 1. The van der Waals surface area contributed by atoms with Crippen molar-refractivity contribution in [1.82, 2.24) is 5.32 Å². The first-order valence-corrected chi connectivity index (χ1v) is 7.11. The molecule has 0 radical (unpaired) electrons. The SMILES string of the molecule is CCc1cccc(C2CC3(CCNCC3)C2)c1.Cl. The summed E-state index contributed by atoms with van der Waals surface area (Å²) in [6.45, 7) is 4.72. The molecule has 1 nitrogen and oxygen atoms in total. The van der Waals surface area contributed by atoms with Crippen molar-refractivity contribution in [3.8, 4) is 0 Å². The second kappa shape index (κ2) is 5.63. The van der Waals surface area contributed by atoms with Gasteiger partial charge in [-0.2, -0.15) is 0 Å². The Morgan fingerprint density at radius 2 is 1.94 bits per heavy atom. The van der Waals surface area contributed by atoms with Gasteiger partial charge in [-0.05, 0) is 67.7 Å². The molecule has 0 unspecified atom stereocenters. The fourth-order valence-electron chi connectivity index (χ4n) is 3.65.